The number of aromatic nitrogens is 1. The highest BCUT2D eigenvalue weighted by Gasteiger charge is 2.14. The van der Waals surface area contributed by atoms with E-state index in [1.54, 1.807) is 41.7 Å². The van der Waals surface area contributed by atoms with Crippen LogP contribution < -0.4 is 5.32 Å². The molecule has 0 aliphatic carbocycles. The van der Waals surface area contributed by atoms with Gasteiger partial charge in [0.15, 0.2) is 5.76 Å². The first kappa shape index (κ1) is 15.9. The molecule has 2 heterocycles. The van der Waals surface area contributed by atoms with Gasteiger partial charge in [0.25, 0.3) is 5.91 Å². The van der Waals surface area contributed by atoms with Crippen molar-refractivity contribution in [3.8, 4) is 11.3 Å². The Morgan fingerprint density at radius 1 is 1.16 bits per heavy atom. The van der Waals surface area contributed by atoms with E-state index in [9.17, 15) is 4.79 Å². The highest BCUT2D eigenvalue weighted by molar-refractivity contribution is 7.09. The molecule has 0 bridgehead atoms. The number of benzene rings is 2. The second kappa shape index (κ2) is 6.70. The summed E-state index contributed by atoms with van der Waals surface area (Å²) in [4.78, 5) is 13.5. The van der Waals surface area contributed by atoms with Crippen LogP contribution in [0.5, 0.6) is 0 Å². The molecule has 0 aliphatic rings. The molecule has 0 radical (unpaired) electrons. The summed E-state index contributed by atoms with van der Waals surface area (Å²) in [5.41, 5.74) is 2.14. The third-order valence-corrected chi connectivity index (χ3v) is 4.98. The van der Waals surface area contributed by atoms with Crippen LogP contribution in [0.1, 0.15) is 15.2 Å². The Balaban J connectivity index is 1.63. The van der Waals surface area contributed by atoms with Gasteiger partial charge in [-0.05, 0) is 53.9 Å². The lowest BCUT2D eigenvalue weighted by atomic mass is 10.1. The van der Waals surface area contributed by atoms with Crippen LogP contribution >= 0.6 is 22.9 Å². The molecule has 1 amide bonds. The summed E-state index contributed by atoms with van der Waals surface area (Å²) >= 11 is 7.55. The number of thiophene rings is 1. The van der Waals surface area contributed by atoms with E-state index < -0.39 is 0 Å². The minimum Gasteiger partial charge on any atom is -0.355 e. The maximum atomic E-state index is 12.4. The van der Waals surface area contributed by atoms with E-state index in [4.69, 9.17) is 16.1 Å². The molecule has 4 nitrogen and oxygen atoms in total. The first-order valence-electron chi connectivity index (χ1n) is 7.67. The molecule has 0 saturated heterocycles. The van der Waals surface area contributed by atoms with Crippen molar-refractivity contribution in [1.82, 2.24) is 10.5 Å². The van der Waals surface area contributed by atoms with Gasteiger partial charge in [-0.25, -0.2) is 0 Å². The number of nitrogens with one attached hydrogen (secondary N) is 1. The molecule has 0 aliphatic heterocycles. The van der Waals surface area contributed by atoms with Crippen LogP contribution in [-0.4, -0.2) is 11.1 Å². The van der Waals surface area contributed by atoms with Gasteiger partial charge in [-0.3, -0.25) is 4.79 Å². The number of rotatable bonds is 4. The lowest BCUT2D eigenvalue weighted by molar-refractivity contribution is 0.0951. The van der Waals surface area contributed by atoms with Gasteiger partial charge in [0.1, 0.15) is 5.52 Å². The SMILES string of the molecule is O=C(NCc1cccs1)c1ccc2noc(-c3ccc(Cl)cc3)c2c1. The molecule has 0 fully saturated rings. The molecule has 4 aromatic rings. The Morgan fingerprint density at radius 2 is 2.00 bits per heavy atom. The maximum Gasteiger partial charge on any atom is 0.251 e. The molecule has 2 aromatic carbocycles. The first-order chi connectivity index (χ1) is 12.2. The van der Waals surface area contributed by atoms with E-state index in [-0.39, 0.29) is 5.91 Å². The van der Waals surface area contributed by atoms with Crippen LogP contribution in [0.3, 0.4) is 0 Å². The van der Waals surface area contributed by atoms with Gasteiger partial charge in [0.05, 0.1) is 11.9 Å². The molecular weight excluding hydrogens is 356 g/mol. The van der Waals surface area contributed by atoms with Crippen LogP contribution in [0.4, 0.5) is 0 Å². The number of amides is 1. The standard InChI is InChI=1S/C19H13ClN2O2S/c20-14-6-3-12(4-7-14)18-16-10-13(5-8-17(16)22-24-18)19(23)21-11-15-2-1-9-25-15/h1-10H,11H2,(H,21,23). The summed E-state index contributed by atoms with van der Waals surface area (Å²) in [5, 5.41) is 10.4. The van der Waals surface area contributed by atoms with Crippen LogP contribution in [0, 0.1) is 0 Å². The summed E-state index contributed by atoms with van der Waals surface area (Å²) < 4.78 is 5.47. The Morgan fingerprint density at radius 3 is 2.76 bits per heavy atom. The van der Waals surface area contributed by atoms with E-state index in [0.717, 1.165) is 15.8 Å². The quantitative estimate of drug-likeness (QED) is 0.542. The van der Waals surface area contributed by atoms with E-state index in [1.165, 1.54) is 0 Å². The lowest BCUT2D eigenvalue weighted by Crippen LogP contribution is -2.22. The molecule has 0 spiro atoms. The van der Waals surface area contributed by atoms with E-state index in [0.29, 0.717) is 28.4 Å². The molecule has 6 heteroatoms. The zero-order valence-electron chi connectivity index (χ0n) is 13.0. The third kappa shape index (κ3) is 3.29. The van der Waals surface area contributed by atoms with Crippen molar-refractivity contribution in [1.29, 1.82) is 0 Å². The topological polar surface area (TPSA) is 55.1 Å². The molecule has 4 rings (SSSR count). The summed E-state index contributed by atoms with van der Waals surface area (Å²) in [6.45, 7) is 0.516. The highest BCUT2D eigenvalue weighted by atomic mass is 35.5. The molecule has 2 aromatic heterocycles. The normalized spacial score (nSPS) is 10.9. The second-order valence-corrected chi connectivity index (χ2v) is 6.98. The molecule has 25 heavy (non-hydrogen) atoms. The molecular formula is C19H13ClN2O2S. The van der Waals surface area contributed by atoms with Crippen LogP contribution in [0.15, 0.2) is 64.5 Å². The van der Waals surface area contributed by atoms with E-state index in [2.05, 4.69) is 10.5 Å². The minimum absolute atomic E-state index is 0.126. The Bertz CT molecular complexity index is 1020. The Kier molecular flexibility index (Phi) is 4.26. The zero-order valence-corrected chi connectivity index (χ0v) is 14.6. The van der Waals surface area contributed by atoms with E-state index >= 15 is 0 Å². The predicted octanol–water partition coefficient (Wildman–Crippen LogP) is 5.14. The van der Waals surface area contributed by atoms with Crippen LogP contribution in [0.25, 0.3) is 22.2 Å². The zero-order chi connectivity index (χ0) is 17.2. The van der Waals surface area contributed by atoms with Gasteiger partial charge in [0.2, 0.25) is 0 Å². The number of carbonyl (C=O) groups excluding carboxylic acids is 1. The second-order valence-electron chi connectivity index (χ2n) is 5.51. The average molecular weight is 369 g/mol. The molecule has 124 valence electrons. The Labute approximate surface area is 153 Å². The van der Waals surface area contributed by atoms with Crippen molar-refractivity contribution in [3.63, 3.8) is 0 Å². The summed E-state index contributed by atoms with van der Waals surface area (Å²) in [6, 6.07) is 16.6. The number of hydrogen-bond acceptors (Lipinski definition) is 4. The van der Waals surface area contributed by atoms with Gasteiger partial charge in [0, 0.05) is 21.0 Å². The smallest absolute Gasteiger partial charge is 0.251 e. The average Bonchev–Trinajstić information content (AvgIpc) is 3.29. The number of carbonyl (C=O) groups is 1. The fourth-order valence-electron chi connectivity index (χ4n) is 2.57. The monoisotopic (exact) mass is 368 g/mol. The van der Waals surface area contributed by atoms with Crippen molar-refractivity contribution in [2.75, 3.05) is 0 Å². The van der Waals surface area contributed by atoms with Gasteiger partial charge in [-0.1, -0.05) is 22.8 Å². The third-order valence-electron chi connectivity index (χ3n) is 3.85. The minimum atomic E-state index is -0.126. The number of nitrogens with zero attached hydrogens (tertiary/aromatic N) is 1. The van der Waals surface area contributed by atoms with Crippen LogP contribution in [0.2, 0.25) is 5.02 Å². The first-order valence-corrected chi connectivity index (χ1v) is 8.92. The van der Waals surface area contributed by atoms with E-state index in [1.807, 2.05) is 29.6 Å². The number of halogens is 1. The number of hydrogen-bond donors (Lipinski definition) is 1. The van der Waals surface area contributed by atoms with Gasteiger partial charge in [-0.2, -0.15) is 0 Å². The van der Waals surface area contributed by atoms with Crippen LogP contribution in [-0.2, 0) is 6.54 Å². The lowest BCUT2D eigenvalue weighted by Gasteiger charge is -2.04. The van der Waals surface area contributed by atoms with Crippen molar-refractivity contribution >= 4 is 39.7 Å². The van der Waals surface area contributed by atoms with Gasteiger partial charge < -0.3 is 9.84 Å². The largest absolute Gasteiger partial charge is 0.355 e. The maximum absolute atomic E-state index is 12.4. The molecule has 0 saturated carbocycles. The van der Waals surface area contributed by atoms with Gasteiger partial charge >= 0.3 is 0 Å². The predicted molar refractivity (Wildman–Crippen MR) is 99.9 cm³/mol. The molecule has 1 N–H and O–H groups in total. The molecule has 0 unspecified atom stereocenters. The fourth-order valence-corrected chi connectivity index (χ4v) is 3.35. The molecule has 0 atom stereocenters. The summed E-state index contributed by atoms with van der Waals surface area (Å²) in [6.07, 6.45) is 0. The summed E-state index contributed by atoms with van der Waals surface area (Å²) in [7, 11) is 0. The fraction of sp³-hybridized carbons (Fsp3) is 0.0526. The van der Waals surface area contributed by atoms with Crippen molar-refractivity contribution in [3.05, 3.63) is 75.4 Å². The van der Waals surface area contributed by atoms with Gasteiger partial charge in [-0.15, -0.1) is 11.3 Å². The number of fused-ring (bicyclic) bond motifs is 1. The van der Waals surface area contributed by atoms with Crippen molar-refractivity contribution < 1.29 is 9.32 Å². The van der Waals surface area contributed by atoms with Crippen molar-refractivity contribution in [2.24, 2.45) is 0 Å². The highest BCUT2D eigenvalue weighted by Crippen LogP contribution is 2.30. The summed E-state index contributed by atoms with van der Waals surface area (Å²) in [5.74, 6) is 0.498. The van der Waals surface area contributed by atoms with Crippen molar-refractivity contribution in [2.45, 2.75) is 6.54 Å². The Hall–Kier alpha value is -2.63.